The standard InChI is InChI=1S/C15H19NO3S/c1-18-9-5-8-16-15(17)14-12(10-20-2)11-6-3-4-7-13(11)19-14/h3-4,6-7H,5,8-10H2,1-2H3,(H,16,17). The van der Waals surface area contributed by atoms with E-state index < -0.39 is 0 Å². The third kappa shape index (κ3) is 3.35. The molecule has 0 atom stereocenters. The van der Waals surface area contributed by atoms with Gasteiger partial charge in [0.05, 0.1) is 0 Å². The van der Waals surface area contributed by atoms with Crippen LogP contribution in [0.2, 0.25) is 0 Å². The average Bonchev–Trinajstić information content (AvgIpc) is 2.83. The summed E-state index contributed by atoms with van der Waals surface area (Å²) < 4.78 is 10.7. The molecule has 0 bridgehead atoms. The Labute approximate surface area is 122 Å². The van der Waals surface area contributed by atoms with E-state index in [1.165, 1.54) is 0 Å². The highest BCUT2D eigenvalue weighted by molar-refractivity contribution is 7.97. The highest BCUT2D eigenvalue weighted by atomic mass is 32.2. The number of ether oxygens (including phenoxy) is 1. The number of benzene rings is 1. The Morgan fingerprint density at radius 1 is 1.40 bits per heavy atom. The number of nitrogens with one attached hydrogen (secondary N) is 1. The van der Waals surface area contributed by atoms with Crippen LogP contribution in [0.4, 0.5) is 0 Å². The minimum absolute atomic E-state index is 0.152. The lowest BCUT2D eigenvalue weighted by Gasteiger charge is -2.04. The van der Waals surface area contributed by atoms with Crippen molar-refractivity contribution in [2.45, 2.75) is 12.2 Å². The Morgan fingerprint density at radius 3 is 2.95 bits per heavy atom. The van der Waals surface area contributed by atoms with Gasteiger partial charge in [0, 0.05) is 37.0 Å². The van der Waals surface area contributed by atoms with Gasteiger partial charge in [-0.15, -0.1) is 0 Å². The average molecular weight is 293 g/mol. The number of carbonyl (C=O) groups is 1. The first-order valence-corrected chi connectivity index (χ1v) is 7.93. The molecule has 0 aliphatic rings. The number of methoxy groups -OCH3 is 1. The van der Waals surface area contributed by atoms with Crippen molar-refractivity contribution in [1.29, 1.82) is 0 Å². The van der Waals surface area contributed by atoms with Crippen LogP contribution in [-0.2, 0) is 10.5 Å². The summed E-state index contributed by atoms with van der Waals surface area (Å²) in [6.45, 7) is 1.22. The van der Waals surface area contributed by atoms with Crippen molar-refractivity contribution in [3.63, 3.8) is 0 Å². The summed E-state index contributed by atoms with van der Waals surface area (Å²) in [5.41, 5.74) is 1.73. The van der Waals surface area contributed by atoms with Crippen LogP contribution in [-0.4, -0.2) is 32.4 Å². The normalized spacial score (nSPS) is 10.9. The molecular weight excluding hydrogens is 274 g/mol. The SMILES string of the molecule is COCCCNC(=O)c1oc2ccccc2c1CSC. The first-order chi connectivity index (χ1) is 9.77. The lowest BCUT2D eigenvalue weighted by Crippen LogP contribution is -2.25. The second-order valence-corrected chi connectivity index (χ2v) is 5.31. The monoisotopic (exact) mass is 293 g/mol. The van der Waals surface area contributed by atoms with Crippen molar-refractivity contribution in [3.8, 4) is 0 Å². The van der Waals surface area contributed by atoms with Gasteiger partial charge in [0.15, 0.2) is 5.76 Å². The van der Waals surface area contributed by atoms with Crippen molar-refractivity contribution in [2.24, 2.45) is 0 Å². The van der Waals surface area contributed by atoms with E-state index >= 15 is 0 Å². The highest BCUT2D eigenvalue weighted by Crippen LogP contribution is 2.28. The maximum absolute atomic E-state index is 12.2. The van der Waals surface area contributed by atoms with Crippen LogP contribution in [0.25, 0.3) is 11.0 Å². The number of thioether (sulfide) groups is 1. The fourth-order valence-corrected chi connectivity index (χ4v) is 2.64. The lowest BCUT2D eigenvalue weighted by atomic mass is 10.1. The summed E-state index contributed by atoms with van der Waals surface area (Å²) in [4.78, 5) is 12.2. The molecule has 0 aliphatic carbocycles. The minimum atomic E-state index is -0.152. The van der Waals surface area contributed by atoms with Crippen LogP contribution in [0.5, 0.6) is 0 Å². The fraction of sp³-hybridized carbons (Fsp3) is 0.400. The molecule has 0 aliphatic heterocycles. The van der Waals surface area contributed by atoms with Gasteiger partial charge in [-0.2, -0.15) is 11.8 Å². The Bertz CT molecular complexity index is 580. The van der Waals surface area contributed by atoms with Crippen LogP contribution in [0.3, 0.4) is 0 Å². The zero-order valence-electron chi connectivity index (χ0n) is 11.8. The van der Waals surface area contributed by atoms with Crippen LogP contribution in [0, 0.1) is 0 Å². The van der Waals surface area contributed by atoms with Crippen LogP contribution >= 0.6 is 11.8 Å². The first kappa shape index (κ1) is 14.9. The Hall–Kier alpha value is -1.46. The molecule has 1 amide bonds. The van der Waals surface area contributed by atoms with E-state index in [1.54, 1.807) is 18.9 Å². The molecule has 1 heterocycles. The van der Waals surface area contributed by atoms with Gasteiger partial charge in [0.1, 0.15) is 5.58 Å². The van der Waals surface area contributed by atoms with Crippen molar-refractivity contribution in [2.75, 3.05) is 26.5 Å². The van der Waals surface area contributed by atoms with Crippen LogP contribution in [0.15, 0.2) is 28.7 Å². The second-order valence-electron chi connectivity index (χ2n) is 4.44. The summed E-state index contributed by atoms with van der Waals surface area (Å²) in [6, 6.07) is 7.75. The van der Waals surface area contributed by atoms with Crippen molar-refractivity contribution in [1.82, 2.24) is 5.32 Å². The lowest BCUT2D eigenvalue weighted by molar-refractivity contribution is 0.0922. The van der Waals surface area contributed by atoms with Gasteiger partial charge in [-0.3, -0.25) is 4.79 Å². The molecule has 0 unspecified atom stereocenters. The number of rotatable bonds is 7. The number of amides is 1. The molecule has 0 saturated heterocycles. The summed E-state index contributed by atoms with van der Waals surface area (Å²) in [6.07, 6.45) is 2.81. The maximum Gasteiger partial charge on any atom is 0.287 e. The molecule has 20 heavy (non-hydrogen) atoms. The number of fused-ring (bicyclic) bond motifs is 1. The zero-order chi connectivity index (χ0) is 14.4. The number of hydrogen-bond donors (Lipinski definition) is 1. The molecular formula is C15H19NO3S. The van der Waals surface area contributed by atoms with Gasteiger partial charge >= 0.3 is 0 Å². The third-order valence-electron chi connectivity index (χ3n) is 3.00. The smallest absolute Gasteiger partial charge is 0.287 e. The van der Waals surface area contributed by atoms with E-state index in [9.17, 15) is 4.79 Å². The first-order valence-electron chi connectivity index (χ1n) is 6.54. The predicted molar refractivity (Wildman–Crippen MR) is 82.3 cm³/mol. The van der Waals surface area contributed by atoms with Gasteiger partial charge in [-0.1, -0.05) is 18.2 Å². The van der Waals surface area contributed by atoms with Crippen molar-refractivity contribution in [3.05, 3.63) is 35.6 Å². The third-order valence-corrected chi connectivity index (χ3v) is 3.58. The summed E-state index contributed by atoms with van der Waals surface area (Å²) in [7, 11) is 1.65. The summed E-state index contributed by atoms with van der Waals surface area (Å²) in [5, 5.41) is 3.89. The Balaban J connectivity index is 2.19. The number of carbonyl (C=O) groups excluding carboxylic acids is 1. The molecule has 0 saturated carbocycles. The molecule has 1 aromatic carbocycles. The predicted octanol–water partition coefficient (Wildman–Crippen LogP) is 3.06. The molecule has 5 heteroatoms. The topological polar surface area (TPSA) is 51.5 Å². The van der Waals surface area contributed by atoms with Crippen LogP contribution in [0.1, 0.15) is 22.5 Å². The van der Waals surface area contributed by atoms with Gasteiger partial charge in [0.2, 0.25) is 0 Å². The van der Waals surface area contributed by atoms with Gasteiger partial charge in [0.25, 0.3) is 5.91 Å². The Kier molecular flexibility index (Phi) is 5.49. The van der Waals surface area contributed by atoms with E-state index in [0.717, 1.165) is 28.7 Å². The number of para-hydroxylation sites is 1. The molecule has 0 radical (unpaired) electrons. The molecule has 108 valence electrons. The van der Waals surface area contributed by atoms with E-state index in [1.807, 2.05) is 30.5 Å². The minimum Gasteiger partial charge on any atom is -0.451 e. The quantitative estimate of drug-likeness (QED) is 0.797. The summed E-state index contributed by atoms with van der Waals surface area (Å²) in [5.74, 6) is 1.04. The van der Waals surface area contributed by atoms with Gasteiger partial charge < -0.3 is 14.5 Å². The molecule has 1 N–H and O–H groups in total. The molecule has 4 nitrogen and oxygen atoms in total. The highest BCUT2D eigenvalue weighted by Gasteiger charge is 2.19. The van der Waals surface area contributed by atoms with Gasteiger partial charge in [-0.05, 0) is 18.7 Å². The van der Waals surface area contributed by atoms with Crippen molar-refractivity contribution < 1.29 is 13.9 Å². The Morgan fingerprint density at radius 2 is 2.20 bits per heavy atom. The maximum atomic E-state index is 12.2. The molecule has 0 spiro atoms. The number of hydrogen-bond acceptors (Lipinski definition) is 4. The van der Waals surface area contributed by atoms with E-state index in [-0.39, 0.29) is 5.91 Å². The molecule has 1 aromatic heterocycles. The van der Waals surface area contributed by atoms with Crippen molar-refractivity contribution >= 4 is 28.6 Å². The largest absolute Gasteiger partial charge is 0.451 e. The van der Waals surface area contributed by atoms with E-state index in [0.29, 0.717) is 18.9 Å². The van der Waals surface area contributed by atoms with Crippen LogP contribution < -0.4 is 5.32 Å². The molecule has 0 fully saturated rings. The van der Waals surface area contributed by atoms with E-state index in [4.69, 9.17) is 9.15 Å². The molecule has 2 aromatic rings. The van der Waals surface area contributed by atoms with Gasteiger partial charge in [-0.25, -0.2) is 0 Å². The summed E-state index contributed by atoms with van der Waals surface area (Å²) >= 11 is 1.68. The molecule has 2 rings (SSSR count). The zero-order valence-corrected chi connectivity index (χ0v) is 12.6. The fourth-order valence-electron chi connectivity index (χ4n) is 2.07. The number of furan rings is 1. The second kappa shape index (κ2) is 7.36. The van der Waals surface area contributed by atoms with E-state index in [2.05, 4.69) is 5.32 Å².